The average molecular weight is 359 g/mol. The molecule has 25 heavy (non-hydrogen) atoms. The minimum atomic E-state index is -4.77. The van der Waals surface area contributed by atoms with Gasteiger partial charge in [0.1, 0.15) is 5.56 Å². The first-order chi connectivity index (χ1) is 11.7. The van der Waals surface area contributed by atoms with E-state index in [1.165, 1.54) is 0 Å². The van der Waals surface area contributed by atoms with Crippen molar-refractivity contribution in [1.29, 1.82) is 0 Å². The number of carbonyl (C=O) groups excluding carboxylic acids is 1. The molecule has 2 fully saturated rings. The van der Waals surface area contributed by atoms with Crippen molar-refractivity contribution in [2.24, 2.45) is 5.92 Å². The summed E-state index contributed by atoms with van der Waals surface area (Å²) in [7, 11) is 0. The highest BCUT2D eigenvalue weighted by Crippen LogP contribution is 2.33. The van der Waals surface area contributed by atoms with Crippen LogP contribution in [0.5, 0.6) is 0 Å². The number of morpholine rings is 1. The van der Waals surface area contributed by atoms with Gasteiger partial charge in [0.25, 0.3) is 0 Å². The standard InChI is InChI=1S/C16H20F3N3O3/c1-9-6-22(7-10(2)25-9)15-20-5-12(13(21-15)16(17,18)19)14(23)24-8-11-3-4-11/h5,9-11H,3-4,6-8H2,1-2H3/t9-,10-/m0/s1. The maximum absolute atomic E-state index is 13.4. The summed E-state index contributed by atoms with van der Waals surface area (Å²) in [6.45, 7) is 4.56. The van der Waals surface area contributed by atoms with Gasteiger partial charge in [-0.25, -0.2) is 14.8 Å². The zero-order valence-corrected chi connectivity index (χ0v) is 14.0. The van der Waals surface area contributed by atoms with Gasteiger partial charge < -0.3 is 14.4 Å². The fourth-order valence-corrected chi connectivity index (χ4v) is 2.79. The molecule has 0 radical (unpaired) electrons. The van der Waals surface area contributed by atoms with Crippen LogP contribution in [0.25, 0.3) is 0 Å². The zero-order valence-electron chi connectivity index (χ0n) is 14.0. The maximum atomic E-state index is 13.4. The summed E-state index contributed by atoms with van der Waals surface area (Å²) in [5.41, 5.74) is -1.91. The van der Waals surface area contributed by atoms with E-state index >= 15 is 0 Å². The number of hydrogen-bond acceptors (Lipinski definition) is 6. The molecule has 3 rings (SSSR count). The van der Waals surface area contributed by atoms with E-state index in [4.69, 9.17) is 9.47 Å². The van der Waals surface area contributed by atoms with Crippen molar-refractivity contribution in [2.45, 2.75) is 45.1 Å². The minimum absolute atomic E-state index is 0.0620. The molecule has 1 aliphatic heterocycles. The Morgan fingerprint density at radius 3 is 2.52 bits per heavy atom. The summed E-state index contributed by atoms with van der Waals surface area (Å²) in [5, 5.41) is 0. The Kier molecular flexibility index (Phi) is 4.86. The number of carbonyl (C=O) groups is 1. The molecule has 2 aliphatic rings. The van der Waals surface area contributed by atoms with Crippen LogP contribution in [0, 0.1) is 5.92 Å². The van der Waals surface area contributed by atoms with E-state index in [1.807, 2.05) is 13.8 Å². The van der Waals surface area contributed by atoms with E-state index in [0.717, 1.165) is 19.0 Å². The molecular weight excluding hydrogens is 339 g/mol. The smallest absolute Gasteiger partial charge is 0.434 e. The first-order valence-corrected chi connectivity index (χ1v) is 8.25. The fraction of sp³-hybridized carbons (Fsp3) is 0.688. The lowest BCUT2D eigenvalue weighted by Gasteiger charge is -2.35. The number of esters is 1. The third kappa shape index (κ3) is 4.39. The van der Waals surface area contributed by atoms with Gasteiger partial charge in [0.15, 0.2) is 5.69 Å². The van der Waals surface area contributed by atoms with Crippen LogP contribution in [-0.4, -0.2) is 47.8 Å². The largest absolute Gasteiger partial charge is 0.462 e. The highest BCUT2D eigenvalue weighted by Gasteiger charge is 2.39. The molecule has 0 amide bonds. The van der Waals surface area contributed by atoms with E-state index < -0.39 is 23.4 Å². The third-order valence-corrected chi connectivity index (χ3v) is 4.11. The second-order valence-corrected chi connectivity index (χ2v) is 6.63. The van der Waals surface area contributed by atoms with Gasteiger partial charge in [0.05, 0.1) is 18.8 Å². The quantitative estimate of drug-likeness (QED) is 0.770. The number of halogens is 3. The summed E-state index contributed by atoms with van der Waals surface area (Å²) in [6.07, 6.45) is -2.29. The predicted molar refractivity (Wildman–Crippen MR) is 82.3 cm³/mol. The highest BCUT2D eigenvalue weighted by atomic mass is 19.4. The number of anilines is 1. The van der Waals surface area contributed by atoms with Crippen LogP contribution in [0.3, 0.4) is 0 Å². The number of hydrogen-bond donors (Lipinski definition) is 0. The molecule has 0 spiro atoms. The van der Waals surface area contributed by atoms with Crippen molar-refractivity contribution in [3.8, 4) is 0 Å². The molecule has 1 saturated carbocycles. The molecule has 0 aromatic carbocycles. The first-order valence-electron chi connectivity index (χ1n) is 8.25. The summed E-state index contributed by atoms with van der Waals surface area (Å²) in [5.74, 6) is -0.836. The molecule has 6 nitrogen and oxygen atoms in total. The molecule has 9 heteroatoms. The number of aromatic nitrogens is 2. The monoisotopic (exact) mass is 359 g/mol. The minimum Gasteiger partial charge on any atom is -0.462 e. The zero-order chi connectivity index (χ0) is 18.2. The van der Waals surface area contributed by atoms with Gasteiger partial charge in [-0.15, -0.1) is 0 Å². The van der Waals surface area contributed by atoms with Crippen LogP contribution in [0.2, 0.25) is 0 Å². The van der Waals surface area contributed by atoms with Crippen molar-refractivity contribution < 1.29 is 27.4 Å². The molecule has 1 aromatic rings. The van der Waals surface area contributed by atoms with Gasteiger partial charge in [0, 0.05) is 19.3 Å². The van der Waals surface area contributed by atoms with E-state index in [-0.39, 0.29) is 30.7 Å². The van der Waals surface area contributed by atoms with E-state index in [1.54, 1.807) is 4.90 Å². The third-order valence-electron chi connectivity index (χ3n) is 4.11. The van der Waals surface area contributed by atoms with Crippen LogP contribution in [0.1, 0.15) is 42.7 Å². The lowest BCUT2D eigenvalue weighted by Crippen LogP contribution is -2.46. The Morgan fingerprint density at radius 1 is 1.32 bits per heavy atom. The van der Waals surface area contributed by atoms with Crippen molar-refractivity contribution in [1.82, 2.24) is 9.97 Å². The van der Waals surface area contributed by atoms with Gasteiger partial charge >= 0.3 is 12.1 Å². The fourth-order valence-electron chi connectivity index (χ4n) is 2.79. The van der Waals surface area contributed by atoms with Crippen molar-refractivity contribution in [3.63, 3.8) is 0 Å². The van der Waals surface area contributed by atoms with E-state index in [0.29, 0.717) is 13.1 Å². The van der Waals surface area contributed by atoms with E-state index in [9.17, 15) is 18.0 Å². The molecule has 0 unspecified atom stereocenters. The predicted octanol–water partition coefficient (Wildman–Crippen LogP) is 2.68. The molecule has 0 bridgehead atoms. The van der Waals surface area contributed by atoms with Crippen LogP contribution >= 0.6 is 0 Å². The van der Waals surface area contributed by atoms with Gasteiger partial charge in [-0.1, -0.05) is 0 Å². The van der Waals surface area contributed by atoms with Crippen LogP contribution < -0.4 is 4.90 Å². The Labute approximate surface area is 143 Å². The van der Waals surface area contributed by atoms with Gasteiger partial charge in [-0.3, -0.25) is 0 Å². The SMILES string of the molecule is C[C@H]1CN(c2ncc(C(=O)OCC3CC3)c(C(F)(F)F)n2)C[C@H](C)O1. The molecule has 138 valence electrons. The Bertz CT molecular complexity index is 639. The first kappa shape index (κ1) is 17.9. The maximum Gasteiger partial charge on any atom is 0.434 e. The Balaban J connectivity index is 1.85. The molecule has 1 saturated heterocycles. The van der Waals surface area contributed by atoms with Crippen molar-refractivity contribution in [3.05, 3.63) is 17.5 Å². The van der Waals surface area contributed by atoms with Crippen LogP contribution in [0.15, 0.2) is 6.20 Å². The summed E-state index contributed by atoms with van der Waals surface area (Å²) in [4.78, 5) is 21.2. The lowest BCUT2D eigenvalue weighted by molar-refractivity contribution is -0.141. The molecule has 1 aromatic heterocycles. The molecule has 2 heterocycles. The van der Waals surface area contributed by atoms with Gasteiger partial charge in [0.2, 0.25) is 5.95 Å². The van der Waals surface area contributed by atoms with Gasteiger partial charge in [-0.2, -0.15) is 13.2 Å². The van der Waals surface area contributed by atoms with E-state index in [2.05, 4.69) is 9.97 Å². The summed E-state index contributed by atoms with van der Waals surface area (Å²) in [6, 6.07) is 0. The average Bonchev–Trinajstić information content (AvgIpc) is 3.34. The highest BCUT2D eigenvalue weighted by molar-refractivity contribution is 5.90. The van der Waals surface area contributed by atoms with Crippen LogP contribution in [0.4, 0.5) is 19.1 Å². The van der Waals surface area contributed by atoms with Gasteiger partial charge in [-0.05, 0) is 32.6 Å². The second-order valence-electron chi connectivity index (χ2n) is 6.63. The molecule has 1 aliphatic carbocycles. The summed E-state index contributed by atoms with van der Waals surface area (Å²) < 4.78 is 50.7. The number of rotatable bonds is 4. The van der Waals surface area contributed by atoms with Crippen molar-refractivity contribution in [2.75, 3.05) is 24.6 Å². The lowest BCUT2D eigenvalue weighted by atomic mass is 10.2. The normalized spacial score (nSPS) is 24.3. The number of alkyl halides is 3. The molecule has 2 atom stereocenters. The molecule has 0 N–H and O–H groups in total. The summed E-state index contributed by atoms with van der Waals surface area (Å²) >= 11 is 0. The molecular formula is C16H20F3N3O3. The second kappa shape index (κ2) is 6.78. The van der Waals surface area contributed by atoms with Crippen LogP contribution in [-0.2, 0) is 15.7 Å². The number of nitrogens with zero attached hydrogens (tertiary/aromatic N) is 3. The Morgan fingerprint density at radius 2 is 1.96 bits per heavy atom. The number of ether oxygens (including phenoxy) is 2. The topological polar surface area (TPSA) is 64.6 Å². The Hall–Kier alpha value is -1.90. The van der Waals surface area contributed by atoms with Crippen molar-refractivity contribution >= 4 is 11.9 Å².